The van der Waals surface area contributed by atoms with Gasteiger partial charge in [-0.3, -0.25) is 9.48 Å². The summed E-state index contributed by atoms with van der Waals surface area (Å²) in [5.41, 5.74) is 1.66. The van der Waals surface area contributed by atoms with Crippen LogP contribution in [0.5, 0.6) is 0 Å². The van der Waals surface area contributed by atoms with Gasteiger partial charge in [-0.15, -0.1) is 0 Å². The Morgan fingerprint density at radius 3 is 2.65 bits per heavy atom. The number of amides is 1. The molecule has 0 bridgehead atoms. The Morgan fingerprint density at radius 2 is 1.88 bits per heavy atom. The van der Waals surface area contributed by atoms with Crippen molar-refractivity contribution in [1.29, 1.82) is 0 Å². The SMILES string of the molecule is O=C(/C=C/c1ccccc1Cl)Nc1ccn(Cc2ccc(Cl)cc2Cl)n1. The lowest BCUT2D eigenvalue weighted by Crippen LogP contribution is -2.09. The number of hydrogen-bond acceptors (Lipinski definition) is 2. The number of carbonyl (C=O) groups is 1. The summed E-state index contributed by atoms with van der Waals surface area (Å²) in [7, 11) is 0. The van der Waals surface area contributed by atoms with E-state index in [9.17, 15) is 4.79 Å². The quantitative estimate of drug-likeness (QED) is 0.565. The van der Waals surface area contributed by atoms with Gasteiger partial charge < -0.3 is 5.32 Å². The van der Waals surface area contributed by atoms with E-state index in [0.29, 0.717) is 27.4 Å². The van der Waals surface area contributed by atoms with Crippen LogP contribution >= 0.6 is 34.8 Å². The highest BCUT2D eigenvalue weighted by molar-refractivity contribution is 6.35. The van der Waals surface area contributed by atoms with E-state index in [1.165, 1.54) is 6.08 Å². The summed E-state index contributed by atoms with van der Waals surface area (Å²) >= 11 is 18.1. The van der Waals surface area contributed by atoms with Gasteiger partial charge in [-0.05, 0) is 35.4 Å². The lowest BCUT2D eigenvalue weighted by molar-refractivity contribution is -0.111. The third-order valence-electron chi connectivity index (χ3n) is 3.56. The van der Waals surface area contributed by atoms with Crippen molar-refractivity contribution in [3.63, 3.8) is 0 Å². The lowest BCUT2D eigenvalue weighted by Gasteiger charge is -2.05. The molecule has 0 fully saturated rings. The van der Waals surface area contributed by atoms with E-state index in [1.807, 2.05) is 24.3 Å². The molecule has 0 aliphatic rings. The monoisotopic (exact) mass is 405 g/mol. The molecule has 26 heavy (non-hydrogen) atoms. The number of anilines is 1. The van der Waals surface area contributed by atoms with Crippen molar-refractivity contribution in [3.05, 3.63) is 87.0 Å². The Kier molecular flexibility index (Phi) is 5.99. The van der Waals surface area contributed by atoms with E-state index in [-0.39, 0.29) is 5.91 Å². The molecule has 3 aromatic rings. The van der Waals surface area contributed by atoms with Gasteiger partial charge in [0.2, 0.25) is 5.91 Å². The second kappa shape index (κ2) is 8.41. The number of halogens is 3. The fourth-order valence-electron chi connectivity index (χ4n) is 2.28. The summed E-state index contributed by atoms with van der Waals surface area (Å²) in [5.74, 6) is 0.156. The van der Waals surface area contributed by atoms with E-state index < -0.39 is 0 Å². The topological polar surface area (TPSA) is 46.9 Å². The third-order valence-corrected chi connectivity index (χ3v) is 4.49. The number of carbonyl (C=O) groups excluding carboxylic acids is 1. The van der Waals surface area contributed by atoms with Crippen LogP contribution in [0.3, 0.4) is 0 Å². The highest BCUT2D eigenvalue weighted by atomic mass is 35.5. The molecule has 0 aliphatic carbocycles. The molecule has 3 rings (SSSR count). The molecule has 0 unspecified atom stereocenters. The predicted molar refractivity (Wildman–Crippen MR) is 107 cm³/mol. The zero-order valence-electron chi connectivity index (χ0n) is 13.5. The highest BCUT2D eigenvalue weighted by Gasteiger charge is 2.06. The van der Waals surface area contributed by atoms with Crippen LogP contribution in [0.15, 0.2) is 60.8 Å². The average molecular weight is 407 g/mol. The molecule has 1 heterocycles. The van der Waals surface area contributed by atoms with Crippen LogP contribution in [-0.2, 0) is 11.3 Å². The summed E-state index contributed by atoms with van der Waals surface area (Å²) < 4.78 is 1.68. The molecule has 0 saturated carbocycles. The Balaban J connectivity index is 1.63. The number of aromatic nitrogens is 2. The molecule has 0 atom stereocenters. The first-order valence-corrected chi connectivity index (χ1v) is 8.85. The van der Waals surface area contributed by atoms with Gasteiger partial charge in [-0.2, -0.15) is 5.10 Å². The number of rotatable bonds is 5. The fraction of sp³-hybridized carbons (Fsp3) is 0.0526. The second-order valence-electron chi connectivity index (χ2n) is 5.48. The van der Waals surface area contributed by atoms with Crippen LogP contribution in [0.1, 0.15) is 11.1 Å². The van der Waals surface area contributed by atoms with E-state index >= 15 is 0 Å². The van der Waals surface area contributed by atoms with Crippen molar-refractivity contribution in [1.82, 2.24) is 9.78 Å². The Hall–Kier alpha value is -2.27. The summed E-state index contributed by atoms with van der Waals surface area (Å²) in [6.45, 7) is 0.474. The molecular formula is C19H14Cl3N3O. The largest absolute Gasteiger partial charge is 0.306 e. The Labute approximate surface area is 166 Å². The van der Waals surface area contributed by atoms with Crippen LogP contribution in [0, 0.1) is 0 Å². The van der Waals surface area contributed by atoms with Gasteiger partial charge in [0.1, 0.15) is 0 Å². The minimum absolute atomic E-state index is 0.292. The lowest BCUT2D eigenvalue weighted by atomic mass is 10.2. The first-order chi connectivity index (χ1) is 12.5. The van der Waals surface area contributed by atoms with Crippen LogP contribution in [-0.4, -0.2) is 15.7 Å². The molecule has 4 nitrogen and oxygen atoms in total. The molecule has 132 valence electrons. The average Bonchev–Trinajstić information content (AvgIpc) is 3.04. The van der Waals surface area contributed by atoms with Gasteiger partial charge in [0.25, 0.3) is 0 Å². The molecule has 1 amide bonds. The minimum atomic E-state index is -0.292. The molecule has 7 heteroatoms. The molecule has 1 aromatic heterocycles. The summed E-state index contributed by atoms with van der Waals surface area (Å²) in [4.78, 5) is 12.0. The van der Waals surface area contributed by atoms with Crippen LogP contribution < -0.4 is 5.32 Å². The maximum Gasteiger partial charge on any atom is 0.249 e. The van der Waals surface area contributed by atoms with Gasteiger partial charge in [-0.1, -0.05) is 59.1 Å². The maximum absolute atomic E-state index is 12.0. The summed E-state index contributed by atoms with van der Waals surface area (Å²) in [6, 6.07) is 14.3. The first kappa shape index (κ1) is 18.5. The van der Waals surface area contributed by atoms with Gasteiger partial charge >= 0.3 is 0 Å². The first-order valence-electron chi connectivity index (χ1n) is 7.72. The van der Waals surface area contributed by atoms with Crippen LogP contribution in [0.25, 0.3) is 6.08 Å². The number of nitrogens with one attached hydrogen (secondary N) is 1. The van der Waals surface area contributed by atoms with Gasteiger partial charge in [0.05, 0.1) is 6.54 Å². The van der Waals surface area contributed by atoms with Crippen molar-refractivity contribution in [2.45, 2.75) is 6.54 Å². The van der Waals surface area contributed by atoms with Crippen molar-refractivity contribution in [2.24, 2.45) is 0 Å². The minimum Gasteiger partial charge on any atom is -0.306 e. The zero-order valence-corrected chi connectivity index (χ0v) is 15.8. The van der Waals surface area contributed by atoms with Crippen molar-refractivity contribution < 1.29 is 4.79 Å². The molecule has 0 spiro atoms. The number of hydrogen-bond donors (Lipinski definition) is 1. The van der Waals surface area contributed by atoms with Crippen LogP contribution in [0.2, 0.25) is 15.1 Å². The fourth-order valence-corrected chi connectivity index (χ4v) is 2.95. The number of benzene rings is 2. The molecule has 0 saturated heterocycles. The summed E-state index contributed by atoms with van der Waals surface area (Å²) in [5, 5.41) is 8.76. The molecule has 0 aliphatic heterocycles. The normalized spacial score (nSPS) is 11.0. The Bertz CT molecular complexity index is 966. The van der Waals surface area contributed by atoms with Gasteiger partial charge in [0, 0.05) is 33.4 Å². The third kappa shape index (κ3) is 4.88. The molecule has 2 aromatic carbocycles. The van der Waals surface area contributed by atoms with Crippen molar-refractivity contribution in [3.8, 4) is 0 Å². The summed E-state index contributed by atoms with van der Waals surface area (Å²) in [6.07, 6.45) is 4.83. The molecule has 0 radical (unpaired) electrons. The van der Waals surface area contributed by atoms with E-state index in [0.717, 1.165) is 11.1 Å². The van der Waals surface area contributed by atoms with E-state index in [4.69, 9.17) is 34.8 Å². The number of nitrogens with zero attached hydrogens (tertiary/aromatic N) is 2. The zero-order chi connectivity index (χ0) is 18.5. The Morgan fingerprint density at radius 1 is 1.08 bits per heavy atom. The van der Waals surface area contributed by atoms with Crippen LogP contribution in [0.4, 0.5) is 5.82 Å². The standard InChI is InChI=1S/C19H14Cl3N3O/c20-15-7-5-14(17(22)11-15)12-25-10-9-18(24-25)23-19(26)8-6-13-3-1-2-4-16(13)21/h1-11H,12H2,(H,23,24,26)/b8-6+. The van der Waals surface area contributed by atoms with Gasteiger partial charge in [0.15, 0.2) is 5.82 Å². The van der Waals surface area contributed by atoms with Crippen molar-refractivity contribution >= 4 is 52.6 Å². The molecular weight excluding hydrogens is 393 g/mol. The van der Waals surface area contributed by atoms with Gasteiger partial charge in [-0.25, -0.2) is 0 Å². The highest BCUT2D eigenvalue weighted by Crippen LogP contribution is 2.22. The van der Waals surface area contributed by atoms with Crippen molar-refractivity contribution in [2.75, 3.05) is 5.32 Å². The maximum atomic E-state index is 12.0. The predicted octanol–water partition coefficient (Wildman–Crippen LogP) is 5.54. The second-order valence-corrected chi connectivity index (χ2v) is 6.73. The smallest absolute Gasteiger partial charge is 0.249 e. The molecule has 1 N–H and O–H groups in total. The van der Waals surface area contributed by atoms with E-state index in [1.54, 1.807) is 41.2 Å². The van der Waals surface area contributed by atoms with E-state index in [2.05, 4.69) is 10.4 Å².